The SMILES string of the molecule is COc1ccccc1CCC(=O)N1CC[C@H]2[C@@H]1CC(=O)N2Cc1cnc(C)cn1. The number of hydrogen-bond acceptors (Lipinski definition) is 5. The summed E-state index contributed by atoms with van der Waals surface area (Å²) >= 11 is 0. The molecule has 0 unspecified atom stereocenters. The number of fused-ring (bicyclic) bond motifs is 1. The summed E-state index contributed by atoms with van der Waals surface area (Å²) in [4.78, 5) is 37.9. The molecule has 0 spiro atoms. The summed E-state index contributed by atoms with van der Waals surface area (Å²) in [6.45, 7) is 3.04. The highest BCUT2D eigenvalue weighted by Crippen LogP contribution is 2.34. The lowest BCUT2D eigenvalue weighted by atomic mass is 10.1. The van der Waals surface area contributed by atoms with Gasteiger partial charge in [0.2, 0.25) is 11.8 Å². The van der Waals surface area contributed by atoms with Gasteiger partial charge < -0.3 is 14.5 Å². The number of benzene rings is 1. The van der Waals surface area contributed by atoms with Gasteiger partial charge in [-0.2, -0.15) is 0 Å². The summed E-state index contributed by atoms with van der Waals surface area (Å²) in [7, 11) is 1.64. The number of hydrogen-bond donors (Lipinski definition) is 0. The van der Waals surface area contributed by atoms with Gasteiger partial charge in [0, 0.05) is 25.6 Å². The molecule has 0 N–H and O–H groups in total. The van der Waals surface area contributed by atoms with Crippen molar-refractivity contribution >= 4 is 11.8 Å². The van der Waals surface area contributed by atoms with E-state index in [2.05, 4.69) is 9.97 Å². The number of rotatable bonds is 6. The lowest BCUT2D eigenvalue weighted by Crippen LogP contribution is -2.39. The van der Waals surface area contributed by atoms with Crippen LogP contribution in [0.25, 0.3) is 0 Å². The van der Waals surface area contributed by atoms with Crippen molar-refractivity contribution < 1.29 is 14.3 Å². The summed E-state index contributed by atoms with van der Waals surface area (Å²) in [5.41, 5.74) is 2.67. The van der Waals surface area contributed by atoms with Gasteiger partial charge >= 0.3 is 0 Å². The molecule has 4 rings (SSSR count). The Kier molecular flexibility index (Phi) is 5.47. The smallest absolute Gasteiger partial charge is 0.225 e. The van der Waals surface area contributed by atoms with Gasteiger partial charge in [0.15, 0.2) is 0 Å². The zero-order chi connectivity index (χ0) is 20.4. The van der Waals surface area contributed by atoms with Crippen molar-refractivity contribution in [1.82, 2.24) is 19.8 Å². The van der Waals surface area contributed by atoms with E-state index in [1.54, 1.807) is 19.5 Å². The van der Waals surface area contributed by atoms with Crippen molar-refractivity contribution in [3.63, 3.8) is 0 Å². The van der Waals surface area contributed by atoms with E-state index in [0.29, 0.717) is 32.4 Å². The number of para-hydroxylation sites is 1. The third-order valence-electron chi connectivity index (χ3n) is 5.90. The number of ether oxygens (including phenoxy) is 1. The fraction of sp³-hybridized carbons (Fsp3) is 0.455. The standard InChI is InChI=1S/C22H26N4O3/c1-15-12-24-17(13-23-15)14-26-18-9-10-25(19(18)11-22(26)28)21(27)8-7-16-5-3-4-6-20(16)29-2/h3-6,12-13,18-19H,7-11,14H2,1-2H3/t18-,19-/m0/s1. The number of methoxy groups -OCH3 is 1. The molecular formula is C22H26N4O3. The average Bonchev–Trinajstić information content (AvgIpc) is 3.27. The maximum atomic E-state index is 12.9. The largest absolute Gasteiger partial charge is 0.496 e. The predicted molar refractivity (Wildman–Crippen MR) is 107 cm³/mol. The Morgan fingerprint density at radius 1 is 1.21 bits per heavy atom. The van der Waals surface area contributed by atoms with E-state index >= 15 is 0 Å². The molecule has 0 bridgehead atoms. The lowest BCUT2D eigenvalue weighted by Gasteiger charge is -2.25. The third kappa shape index (κ3) is 3.95. The van der Waals surface area contributed by atoms with Gasteiger partial charge in [-0.3, -0.25) is 19.6 Å². The van der Waals surface area contributed by atoms with Gasteiger partial charge in [-0.15, -0.1) is 0 Å². The maximum absolute atomic E-state index is 12.9. The summed E-state index contributed by atoms with van der Waals surface area (Å²) in [6, 6.07) is 7.81. The van der Waals surface area contributed by atoms with Crippen molar-refractivity contribution in [2.75, 3.05) is 13.7 Å². The summed E-state index contributed by atoms with van der Waals surface area (Å²) in [5, 5.41) is 0. The van der Waals surface area contributed by atoms with Crippen LogP contribution in [0.5, 0.6) is 5.75 Å². The minimum Gasteiger partial charge on any atom is -0.496 e. The second kappa shape index (κ2) is 8.19. The second-order valence-corrected chi connectivity index (χ2v) is 7.70. The highest BCUT2D eigenvalue weighted by Gasteiger charge is 2.48. The molecule has 152 valence electrons. The van der Waals surface area contributed by atoms with Crippen molar-refractivity contribution in [2.24, 2.45) is 0 Å². The molecule has 7 heteroatoms. The van der Waals surface area contributed by atoms with E-state index in [4.69, 9.17) is 4.74 Å². The molecule has 0 saturated carbocycles. The van der Waals surface area contributed by atoms with Crippen molar-refractivity contribution in [1.29, 1.82) is 0 Å². The Labute approximate surface area is 170 Å². The first-order valence-corrected chi connectivity index (χ1v) is 10.0. The maximum Gasteiger partial charge on any atom is 0.225 e. The number of amides is 2. The van der Waals surface area contributed by atoms with Crippen molar-refractivity contribution in [3.8, 4) is 5.75 Å². The minimum absolute atomic E-state index is 0.0360. The Balaban J connectivity index is 1.39. The summed E-state index contributed by atoms with van der Waals surface area (Å²) in [6.07, 6.45) is 5.70. The third-order valence-corrected chi connectivity index (χ3v) is 5.90. The van der Waals surface area contributed by atoms with Crippen LogP contribution in [0.2, 0.25) is 0 Å². The van der Waals surface area contributed by atoms with Crippen LogP contribution in [-0.2, 0) is 22.6 Å². The first-order valence-electron chi connectivity index (χ1n) is 10.0. The molecule has 7 nitrogen and oxygen atoms in total. The molecule has 1 aromatic carbocycles. The molecule has 2 fully saturated rings. The summed E-state index contributed by atoms with van der Waals surface area (Å²) < 4.78 is 5.38. The molecular weight excluding hydrogens is 368 g/mol. The highest BCUT2D eigenvalue weighted by atomic mass is 16.5. The van der Waals surface area contributed by atoms with Crippen LogP contribution in [-0.4, -0.2) is 57.3 Å². The molecule has 2 aliphatic rings. The van der Waals surface area contributed by atoms with Crippen LogP contribution in [0.1, 0.15) is 36.2 Å². The summed E-state index contributed by atoms with van der Waals surface area (Å²) in [5.74, 6) is 0.999. The Bertz CT molecular complexity index is 899. The zero-order valence-corrected chi connectivity index (χ0v) is 16.9. The molecule has 1 aromatic heterocycles. The molecule has 3 heterocycles. The number of carbonyl (C=O) groups is 2. The molecule has 2 aliphatic heterocycles. The molecule has 2 atom stereocenters. The van der Waals surface area contributed by atoms with Crippen LogP contribution < -0.4 is 4.74 Å². The molecule has 2 aromatic rings. The van der Waals surface area contributed by atoms with E-state index in [1.807, 2.05) is 41.0 Å². The highest BCUT2D eigenvalue weighted by molar-refractivity contribution is 5.83. The van der Waals surface area contributed by atoms with Crippen LogP contribution >= 0.6 is 0 Å². The van der Waals surface area contributed by atoms with Gasteiger partial charge in [-0.25, -0.2) is 0 Å². The molecule has 2 saturated heterocycles. The molecule has 2 amide bonds. The van der Waals surface area contributed by atoms with Crippen molar-refractivity contribution in [2.45, 2.75) is 51.2 Å². The Morgan fingerprint density at radius 2 is 2.03 bits per heavy atom. The van der Waals surface area contributed by atoms with Gasteiger partial charge in [-0.05, 0) is 31.4 Å². The first-order chi connectivity index (χ1) is 14.1. The van der Waals surface area contributed by atoms with E-state index in [0.717, 1.165) is 29.1 Å². The lowest BCUT2D eigenvalue weighted by molar-refractivity contribution is -0.132. The Morgan fingerprint density at radius 3 is 2.79 bits per heavy atom. The number of carbonyl (C=O) groups excluding carboxylic acids is 2. The number of likely N-dealkylation sites (tertiary alicyclic amines) is 2. The Hall–Kier alpha value is -2.96. The monoisotopic (exact) mass is 394 g/mol. The normalized spacial score (nSPS) is 20.8. The van der Waals surface area contributed by atoms with Crippen LogP contribution in [0.3, 0.4) is 0 Å². The predicted octanol–water partition coefficient (Wildman–Crippen LogP) is 2.13. The fourth-order valence-corrected chi connectivity index (χ4v) is 4.41. The first kappa shape index (κ1) is 19.4. The topological polar surface area (TPSA) is 75.6 Å². The van der Waals surface area contributed by atoms with E-state index in [9.17, 15) is 9.59 Å². The van der Waals surface area contributed by atoms with Crippen LogP contribution in [0, 0.1) is 6.92 Å². The van der Waals surface area contributed by atoms with Gasteiger partial charge in [0.05, 0.1) is 43.3 Å². The van der Waals surface area contributed by atoms with Crippen molar-refractivity contribution in [3.05, 3.63) is 53.6 Å². The van der Waals surface area contributed by atoms with Gasteiger partial charge in [0.1, 0.15) is 5.75 Å². The molecule has 0 aliphatic carbocycles. The van der Waals surface area contributed by atoms with Gasteiger partial charge in [-0.1, -0.05) is 18.2 Å². The number of aryl methyl sites for hydroxylation is 2. The van der Waals surface area contributed by atoms with E-state index < -0.39 is 0 Å². The zero-order valence-electron chi connectivity index (χ0n) is 16.9. The van der Waals surface area contributed by atoms with E-state index in [-0.39, 0.29) is 23.9 Å². The quantitative estimate of drug-likeness (QED) is 0.750. The molecule has 0 radical (unpaired) electrons. The second-order valence-electron chi connectivity index (χ2n) is 7.70. The minimum atomic E-state index is -0.0360. The van der Waals surface area contributed by atoms with Crippen LogP contribution in [0.15, 0.2) is 36.7 Å². The van der Waals surface area contributed by atoms with Crippen LogP contribution in [0.4, 0.5) is 0 Å². The average molecular weight is 394 g/mol. The van der Waals surface area contributed by atoms with Gasteiger partial charge in [0.25, 0.3) is 0 Å². The number of nitrogens with zero attached hydrogens (tertiary/aromatic N) is 4. The fourth-order valence-electron chi connectivity index (χ4n) is 4.41. The van der Waals surface area contributed by atoms with E-state index in [1.165, 1.54) is 0 Å². The molecule has 29 heavy (non-hydrogen) atoms. The number of aromatic nitrogens is 2.